The fourth-order valence-corrected chi connectivity index (χ4v) is 4.75. The molecule has 2 fully saturated rings. The predicted molar refractivity (Wildman–Crippen MR) is 131 cm³/mol. The van der Waals surface area contributed by atoms with E-state index in [1.54, 1.807) is 12.2 Å². The van der Waals surface area contributed by atoms with Crippen molar-refractivity contribution >= 4 is 5.91 Å². The van der Waals surface area contributed by atoms with Crippen molar-refractivity contribution < 1.29 is 49.3 Å². The number of aliphatic hydroxyl groups excluding tert-OH is 5. The maximum atomic E-state index is 12.6. The summed E-state index contributed by atoms with van der Waals surface area (Å²) >= 11 is 0. The van der Waals surface area contributed by atoms with Gasteiger partial charge in [-0.15, -0.1) is 0 Å². The van der Waals surface area contributed by atoms with Crippen molar-refractivity contribution in [1.82, 2.24) is 5.32 Å². The predicted octanol–water partition coefficient (Wildman–Crippen LogP) is -6.62. The van der Waals surface area contributed by atoms with Crippen molar-refractivity contribution in [2.24, 2.45) is 28.7 Å². The van der Waals surface area contributed by atoms with Crippen LogP contribution in [0.15, 0.2) is 12.2 Å². The summed E-state index contributed by atoms with van der Waals surface area (Å²) in [5.41, 5.74) is 29.4. The molecule has 16 N–H and O–H groups in total. The number of aliphatic hydroxyl groups is 5. The molecule has 3 rings (SSSR count). The van der Waals surface area contributed by atoms with Crippen molar-refractivity contribution in [3.8, 4) is 0 Å². The number of hydrogen-bond acceptors (Lipinski definition) is 15. The van der Waals surface area contributed by atoms with Crippen LogP contribution in [0.25, 0.3) is 0 Å². The zero-order valence-corrected chi connectivity index (χ0v) is 20.9. The lowest BCUT2D eigenvalue weighted by molar-refractivity contribution is -0.312. The van der Waals surface area contributed by atoms with Crippen molar-refractivity contribution in [2.75, 3.05) is 19.7 Å². The lowest BCUT2D eigenvalue weighted by Gasteiger charge is -2.48. The van der Waals surface area contributed by atoms with Crippen LogP contribution in [0.2, 0.25) is 0 Å². The summed E-state index contributed by atoms with van der Waals surface area (Å²) < 4.78 is 23.1. The summed E-state index contributed by atoms with van der Waals surface area (Å²) in [4.78, 5) is 12.6. The number of carbonyl (C=O) groups excluding carboxylic acids is 1. The number of rotatable bonds is 10. The molecule has 16 heteroatoms. The van der Waals surface area contributed by atoms with Gasteiger partial charge < -0.3 is 78.5 Å². The van der Waals surface area contributed by atoms with Crippen LogP contribution >= 0.6 is 0 Å². The third-order valence-corrected chi connectivity index (χ3v) is 7.01. The van der Waals surface area contributed by atoms with Gasteiger partial charge in [-0.2, -0.15) is 0 Å². The van der Waals surface area contributed by atoms with Gasteiger partial charge in [0.05, 0.1) is 30.8 Å². The van der Waals surface area contributed by atoms with Gasteiger partial charge in [0.25, 0.3) is 0 Å². The number of ether oxygens (including phenoxy) is 4. The molecule has 2 heterocycles. The molecule has 1 saturated heterocycles. The van der Waals surface area contributed by atoms with Gasteiger partial charge in [-0.3, -0.25) is 4.79 Å². The molecule has 0 radical (unpaired) electrons. The third kappa shape index (κ3) is 7.04. The zero-order chi connectivity index (χ0) is 28.1. The van der Waals surface area contributed by atoms with Gasteiger partial charge in [-0.05, 0) is 19.4 Å². The maximum absolute atomic E-state index is 12.6. The number of nitrogens with one attached hydrogen (secondary N) is 1. The summed E-state index contributed by atoms with van der Waals surface area (Å²) in [6.07, 6.45) is -9.11. The summed E-state index contributed by atoms with van der Waals surface area (Å²) in [6, 6.07) is -3.77. The first-order valence-corrected chi connectivity index (χ1v) is 12.6. The van der Waals surface area contributed by atoms with Crippen molar-refractivity contribution in [1.29, 1.82) is 0 Å². The van der Waals surface area contributed by atoms with E-state index in [9.17, 15) is 30.3 Å². The minimum absolute atomic E-state index is 0.00646. The van der Waals surface area contributed by atoms with Gasteiger partial charge in [0.1, 0.15) is 42.7 Å². The second-order valence-corrected chi connectivity index (χ2v) is 9.82. The highest BCUT2D eigenvalue weighted by Crippen LogP contribution is 2.31. The Hall–Kier alpha value is -1.35. The topological polar surface area (TPSA) is 297 Å². The van der Waals surface area contributed by atoms with Crippen molar-refractivity contribution in [2.45, 2.75) is 98.4 Å². The zero-order valence-electron chi connectivity index (χ0n) is 20.9. The number of nitrogens with two attached hydrogens (primary N) is 5. The Morgan fingerprint density at radius 1 is 1.00 bits per heavy atom. The molecule has 16 nitrogen and oxygen atoms in total. The highest BCUT2D eigenvalue weighted by atomic mass is 16.7. The lowest BCUT2D eigenvalue weighted by Crippen LogP contribution is -2.69. The van der Waals surface area contributed by atoms with Gasteiger partial charge in [-0.1, -0.05) is 12.2 Å². The summed E-state index contributed by atoms with van der Waals surface area (Å²) in [6.45, 7) is -0.395. The Bertz CT molecular complexity index is 796. The molecule has 1 aliphatic carbocycles. The quantitative estimate of drug-likeness (QED) is 0.113. The molecule has 0 aromatic rings. The highest BCUT2D eigenvalue weighted by molar-refractivity contribution is 5.80. The minimum atomic E-state index is -1.56. The Balaban J connectivity index is 1.83. The Morgan fingerprint density at radius 2 is 1.68 bits per heavy atom. The van der Waals surface area contributed by atoms with E-state index in [2.05, 4.69) is 5.32 Å². The van der Waals surface area contributed by atoms with E-state index in [4.69, 9.17) is 47.6 Å². The molecule has 38 heavy (non-hydrogen) atoms. The average molecular weight is 551 g/mol. The van der Waals surface area contributed by atoms with Gasteiger partial charge in [0.15, 0.2) is 12.6 Å². The van der Waals surface area contributed by atoms with Crippen LogP contribution in [0.3, 0.4) is 0 Å². The number of hydrogen-bond donors (Lipinski definition) is 11. The molecule has 1 saturated carbocycles. The molecule has 3 aliphatic rings. The molecule has 14 atom stereocenters. The first kappa shape index (κ1) is 31.2. The molecule has 0 aromatic heterocycles. The first-order valence-electron chi connectivity index (χ1n) is 12.6. The second-order valence-electron chi connectivity index (χ2n) is 9.82. The van der Waals surface area contributed by atoms with E-state index in [1.807, 2.05) is 0 Å². The van der Waals surface area contributed by atoms with Crippen LogP contribution in [0.1, 0.15) is 12.8 Å². The van der Waals surface area contributed by atoms with Gasteiger partial charge in [-0.25, -0.2) is 0 Å². The molecular weight excluding hydrogens is 508 g/mol. The fourth-order valence-electron chi connectivity index (χ4n) is 4.75. The highest BCUT2D eigenvalue weighted by Gasteiger charge is 2.51. The fraction of sp³-hybridized carbons (Fsp3) is 0.864. The largest absolute Gasteiger partial charge is 0.394 e. The molecule has 0 bridgehead atoms. The van der Waals surface area contributed by atoms with E-state index in [0.29, 0.717) is 0 Å². The average Bonchev–Trinajstić information content (AvgIpc) is 2.89. The molecular formula is C22H42N6O10. The van der Waals surface area contributed by atoms with E-state index < -0.39 is 98.1 Å². The minimum Gasteiger partial charge on any atom is -0.394 e. The normalized spacial score (nSPS) is 44.5. The van der Waals surface area contributed by atoms with E-state index in [0.717, 1.165) is 0 Å². The van der Waals surface area contributed by atoms with Crippen molar-refractivity contribution in [3.63, 3.8) is 0 Å². The Labute approximate surface area is 220 Å². The van der Waals surface area contributed by atoms with Crippen LogP contribution in [0.5, 0.6) is 0 Å². The molecule has 6 unspecified atom stereocenters. The van der Waals surface area contributed by atoms with Crippen LogP contribution < -0.4 is 34.0 Å². The number of amides is 1. The standard InChI is InChI=1S/C22H42N6O10/c23-4-3-12(30)20(34)28-11-5-10(26)18(37-21-9(25)2-1-8(6-24)35-21)17(33)19(11)38-22-16(32)14(27)15(31)13(7-29)36-22/h1-2,8-19,21-22,29-33H,3-7,23-27H2,(H,28,34)/t8?,9?,10-,11+,12-,13?,14-,15-,16?,17?,18?,19+,21-,22-/m0/s1. The Kier molecular flexibility index (Phi) is 11.3. The summed E-state index contributed by atoms with van der Waals surface area (Å²) in [5.74, 6) is -0.771. The maximum Gasteiger partial charge on any atom is 0.249 e. The van der Waals surface area contributed by atoms with Crippen LogP contribution in [-0.4, -0.2) is 137 Å². The molecule has 2 aliphatic heterocycles. The van der Waals surface area contributed by atoms with Gasteiger partial charge in [0.2, 0.25) is 5.91 Å². The Morgan fingerprint density at radius 3 is 2.32 bits per heavy atom. The van der Waals surface area contributed by atoms with E-state index in [1.165, 1.54) is 0 Å². The molecule has 220 valence electrons. The second kappa shape index (κ2) is 13.8. The third-order valence-electron chi connectivity index (χ3n) is 7.01. The number of carbonyl (C=O) groups is 1. The van der Waals surface area contributed by atoms with Crippen LogP contribution in [0.4, 0.5) is 0 Å². The SMILES string of the molecule is NCC[C@H](O)C(=O)N[C@@H]1C[C@H](N)C(O[C@@H]2OC(CN)C=CC2N)C(O)[C@@H]1O[C@@H]1OC(CO)[C@H](O)[C@H](N)C1O. The van der Waals surface area contributed by atoms with Crippen LogP contribution in [0, 0.1) is 0 Å². The first-order chi connectivity index (χ1) is 18.0. The molecule has 1 amide bonds. The lowest BCUT2D eigenvalue weighted by atomic mass is 9.83. The molecule has 0 aromatic carbocycles. The van der Waals surface area contributed by atoms with Crippen molar-refractivity contribution in [3.05, 3.63) is 12.2 Å². The smallest absolute Gasteiger partial charge is 0.249 e. The van der Waals surface area contributed by atoms with E-state index in [-0.39, 0.29) is 25.9 Å². The summed E-state index contributed by atoms with van der Waals surface area (Å²) in [7, 11) is 0. The van der Waals surface area contributed by atoms with Gasteiger partial charge in [0, 0.05) is 12.6 Å². The monoisotopic (exact) mass is 550 g/mol. The van der Waals surface area contributed by atoms with E-state index >= 15 is 0 Å². The van der Waals surface area contributed by atoms with Crippen LogP contribution in [-0.2, 0) is 23.7 Å². The molecule has 0 spiro atoms. The summed E-state index contributed by atoms with van der Waals surface area (Å²) in [5, 5.41) is 54.3. The van der Waals surface area contributed by atoms with Gasteiger partial charge >= 0.3 is 0 Å².